The molecular weight excluding hydrogens is 274 g/mol. The molecule has 5 heteroatoms. The first-order valence-electron chi connectivity index (χ1n) is 7.09. The minimum atomic E-state index is -0.0885. The van der Waals surface area contributed by atoms with Gasteiger partial charge in [0.25, 0.3) is 0 Å². The molecule has 0 spiro atoms. The van der Waals surface area contributed by atoms with Crippen molar-refractivity contribution in [1.29, 1.82) is 0 Å². The summed E-state index contributed by atoms with van der Waals surface area (Å²) in [5.74, 6) is 0.307. The van der Waals surface area contributed by atoms with Gasteiger partial charge in [0.1, 0.15) is 0 Å². The standard InChI is InChI=1S/C15H22ClN3O/c1-10(2)14(19-7-3-4-8-19)15(20)18-11-5-6-12(16)13(17)9-11/h5-6,9-10,14H,3-4,7-8,17H2,1-2H3,(H,18,20). The maximum absolute atomic E-state index is 12.5. The molecule has 20 heavy (non-hydrogen) atoms. The Morgan fingerprint density at radius 3 is 2.55 bits per heavy atom. The van der Waals surface area contributed by atoms with Crippen molar-refractivity contribution in [3.63, 3.8) is 0 Å². The number of halogens is 1. The van der Waals surface area contributed by atoms with E-state index in [0.717, 1.165) is 13.1 Å². The summed E-state index contributed by atoms with van der Waals surface area (Å²) in [6, 6.07) is 5.08. The molecule has 0 aromatic heterocycles. The van der Waals surface area contributed by atoms with E-state index in [1.54, 1.807) is 18.2 Å². The molecule has 1 aliphatic rings. The average molecular weight is 296 g/mol. The number of likely N-dealkylation sites (tertiary alicyclic amines) is 1. The number of benzene rings is 1. The van der Waals surface area contributed by atoms with E-state index in [4.69, 9.17) is 17.3 Å². The number of nitrogens with two attached hydrogens (primary N) is 1. The smallest absolute Gasteiger partial charge is 0.241 e. The van der Waals surface area contributed by atoms with Gasteiger partial charge in [-0.3, -0.25) is 9.69 Å². The number of carbonyl (C=O) groups is 1. The number of nitrogen functional groups attached to an aromatic ring is 1. The van der Waals surface area contributed by atoms with Gasteiger partial charge in [0.15, 0.2) is 0 Å². The lowest BCUT2D eigenvalue weighted by molar-refractivity contribution is -0.122. The summed E-state index contributed by atoms with van der Waals surface area (Å²) in [7, 11) is 0. The summed E-state index contributed by atoms with van der Waals surface area (Å²) in [5.41, 5.74) is 6.94. The largest absolute Gasteiger partial charge is 0.397 e. The molecule has 3 N–H and O–H groups in total. The minimum absolute atomic E-state index is 0.0311. The van der Waals surface area contributed by atoms with Gasteiger partial charge in [0.05, 0.1) is 16.8 Å². The second-order valence-electron chi connectivity index (χ2n) is 5.66. The van der Waals surface area contributed by atoms with Crippen molar-refractivity contribution in [1.82, 2.24) is 4.90 Å². The Hall–Kier alpha value is -1.26. The molecule has 0 bridgehead atoms. The first-order valence-corrected chi connectivity index (χ1v) is 7.47. The third-order valence-electron chi connectivity index (χ3n) is 3.70. The monoisotopic (exact) mass is 295 g/mol. The van der Waals surface area contributed by atoms with Crippen molar-refractivity contribution in [2.75, 3.05) is 24.1 Å². The highest BCUT2D eigenvalue weighted by molar-refractivity contribution is 6.33. The highest BCUT2D eigenvalue weighted by Crippen LogP contribution is 2.24. The van der Waals surface area contributed by atoms with E-state index >= 15 is 0 Å². The van der Waals surface area contributed by atoms with Crippen LogP contribution in [-0.2, 0) is 4.79 Å². The molecule has 1 aromatic carbocycles. The van der Waals surface area contributed by atoms with Crippen LogP contribution in [0.25, 0.3) is 0 Å². The number of amides is 1. The van der Waals surface area contributed by atoms with E-state index in [1.807, 2.05) is 0 Å². The lowest BCUT2D eigenvalue weighted by Gasteiger charge is -2.29. The van der Waals surface area contributed by atoms with Crippen LogP contribution in [0.2, 0.25) is 5.02 Å². The maximum atomic E-state index is 12.5. The van der Waals surface area contributed by atoms with E-state index < -0.39 is 0 Å². The molecular formula is C15H22ClN3O. The predicted octanol–water partition coefficient (Wildman–Crippen LogP) is 2.98. The molecule has 1 aromatic rings. The SMILES string of the molecule is CC(C)C(C(=O)Nc1ccc(Cl)c(N)c1)N1CCCC1. The van der Waals surface area contributed by atoms with Gasteiger partial charge in [0, 0.05) is 5.69 Å². The zero-order valence-electron chi connectivity index (χ0n) is 12.0. The van der Waals surface area contributed by atoms with E-state index in [1.165, 1.54) is 12.8 Å². The number of carbonyl (C=O) groups excluding carboxylic acids is 1. The Labute approximate surface area is 125 Å². The van der Waals surface area contributed by atoms with Crippen molar-refractivity contribution in [3.8, 4) is 0 Å². The van der Waals surface area contributed by atoms with E-state index in [0.29, 0.717) is 16.4 Å². The molecule has 1 atom stereocenters. The van der Waals surface area contributed by atoms with Crippen LogP contribution >= 0.6 is 11.6 Å². The number of hydrogen-bond donors (Lipinski definition) is 2. The molecule has 0 radical (unpaired) electrons. The minimum Gasteiger partial charge on any atom is -0.397 e. The van der Waals surface area contributed by atoms with Crippen LogP contribution in [0.15, 0.2) is 18.2 Å². The fourth-order valence-corrected chi connectivity index (χ4v) is 2.87. The van der Waals surface area contributed by atoms with Crippen LogP contribution < -0.4 is 11.1 Å². The van der Waals surface area contributed by atoms with Crippen LogP contribution in [0, 0.1) is 5.92 Å². The first-order chi connectivity index (χ1) is 9.49. The van der Waals surface area contributed by atoms with Crippen molar-refractivity contribution in [2.24, 2.45) is 5.92 Å². The summed E-state index contributed by atoms with van der Waals surface area (Å²) in [6.07, 6.45) is 2.34. The molecule has 110 valence electrons. The van der Waals surface area contributed by atoms with Gasteiger partial charge in [-0.15, -0.1) is 0 Å². The van der Waals surface area contributed by atoms with Gasteiger partial charge in [-0.2, -0.15) is 0 Å². The van der Waals surface area contributed by atoms with Crippen LogP contribution in [-0.4, -0.2) is 29.9 Å². The fourth-order valence-electron chi connectivity index (χ4n) is 2.75. The number of rotatable bonds is 4. The molecule has 2 rings (SSSR count). The summed E-state index contributed by atoms with van der Waals surface area (Å²) < 4.78 is 0. The second kappa shape index (κ2) is 6.46. The van der Waals surface area contributed by atoms with Crippen LogP contribution in [0.3, 0.4) is 0 Å². The Balaban J connectivity index is 2.09. The van der Waals surface area contributed by atoms with Gasteiger partial charge in [-0.05, 0) is 50.0 Å². The van der Waals surface area contributed by atoms with Crippen LogP contribution in [0.4, 0.5) is 11.4 Å². The van der Waals surface area contributed by atoms with E-state index in [9.17, 15) is 4.79 Å². The van der Waals surface area contributed by atoms with Gasteiger partial charge < -0.3 is 11.1 Å². The van der Waals surface area contributed by atoms with Gasteiger partial charge in [0.2, 0.25) is 5.91 Å². The zero-order valence-corrected chi connectivity index (χ0v) is 12.8. The molecule has 1 heterocycles. The van der Waals surface area contributed by atoms with Crippen molar-refractivity contribution in [3.05, 3.63) is 23.2 Å². The van der Waals surface area contributed by atoms with Crippen molar-refractivity contribution in [2.45, 2.75) is 32.7 Å². The molecule has 1 amide bonds. The molecule has 1 fully saturated rings. The van der Waals surface area contributed by atoms with Gasteiger partial charge >= 0.3 is 0 Å². The quantitative estimate of drug-likeness (QED) is 0.840. The van der Waals surface area contributed by atoms with Crippen LogP contribution in [0.5, 0.6) is 0 Å². The van der Waals surface area contributed by atoms with Gasteiger partial charge in [-0.1, -0.05) is 25.4 Å². The van der Waals surface area contributed by atoms with Crippen LogP contribution in [0.1, 0.15) is 26.7 Å². The summed E-state index contributed by atoms with van der Waals surface area (Å²) in [4.78, 5) is 14.8. The topological polar surface area (TPSA) is 58.4 Å². The lowest BCUT2D eigenvalue weighted by Crippen LogP contribution is -2.46. The summed E-state index contributed by atoms with van der Waals surface area (Å²) >= 11 is 5.89. The normalized spacial score (nSPS) is 17.4. The predicted molar refractivity (Wildman–Crippen MR) is 83.9 cm³/mol. The molecule has 1 unspecified atom stereocenters. The lowest BCUT2D eigenvalue weighted by atomic mass is 10.0. The van der Waals surface area contributed by atoms with Gasteiger partial charge in [-0.25, -0.2) is 0 Å². The summed E-state index contributed by atoms with van der Waals surface area (Å²) in [5, 5.41) is 3.45. The number of anilines is 2. The van der Waals surface area contributed by atoms with Crippen molar-refractivity contribution >= 4 is 28.9 Å². The Bertz CT molecular complexity index is 484. The molecule has 4 nitrogen and oxygen atoms in total. The fraction of sp³-hybridized carbons (Fsp3) is 0.533. The Morgan fingerprint density at radius 2 is 2.00 bits per heavy atom. The average Bonchev–Trinajstić information content (AvgIpc) is 2.87. The number of nitrogens with one attached hydrogen (secondary N) is 1. The molecule has 1 aliphatic heterocycles. The van der Waals surface area contributed by atoms with E-state index in [-0.39, 0.29) is 17.9 Å². The third-order valence-corrected chi connectivity index (χ3v) is 4.04. The highest BCUT2D eigenvalue weighted by Gasteiger charge is 2.30. The van der Waals surface area contributed by atoms with E-state index in [2.05, 4.69) is 24.1 Å². The Morgan fingerprint density at radius 1 is 1.35 bits per heavy atom. The molecule has 1 saturated heterocycles. The number of nitrogens with zero attached hydrogens (tertiary/aromatic N) is 1. The second-order valence-corrected chi connectivity index (χ2v) is 6.06. The highest BCUT2D eigenvalue weighted by atomic mass is 35.5. The first kappa shape index (κ1) is 15.1. The number of hydrogen-bond acceptors (Lipinski definition) is 3. The zero-order chi connectivity index (χ0) is 14.7. The summed E-state index contributed by atoms with van der Waals surface area (Å²) in [6.45, 7) is 6.16. The Kier molecular flexibility index (Phi) is 4.89. The third kappa shape index (κ3) is 3.44. The maximum Gasteiger partial charge on any atom is 0.241 e. The molecule has 0 saturated carbocycles. The molecule has 0 aliphatic carbocycles. The van der Waals surface area contributed by atoms with Crippen molar-refractivity contribution < 1.29 is 4.79 Å².